The van der Waals surface area contributed by atoms with Gasteiger partial charge in [0, 0.05) is 25.4 Å². The predicted octanol–water partition coefficient (Wildman–Crippen LogP) is 9.72. The van der Waals surface area contributed by atoms with Crippen molar-refractivity contribution in [3.8, 4) is 0 Å². The molecule has 0 amide bonds. The molecule has 0 saturated carbocycles. The van der Waals surface area contributed by atoms with Gasteiger partial charge < -0.3 is 18.8 Å². The van der Waals surface area contributed by atoms with E-state index in [0.717, 1.165) is 50.8 Å². The summed E-state index contributed by atoms with van der Waals surface area (Å²) in [7, 11) is -4.27. The first-order valence-electron chi connectivity index (χ1n) is 19.6. The molecule has 0 unspecified atom stereocenters. The average Bonchev–Trinajstić information content (AvgIpc) is 3.79. The molecule has 1 aromatic heterocycles. The molecule has 50 heavy (non-hydrogen) atoms. The van der Waals surface area contributed by atoms with Crippen molar-refractivity contribution < 1.29 is 36.5 Å². The average molecular weight is 738 g/mol. The standard InChI is InChI=1S/C33H60NO4S.C7H8O3S/c1-2-3-4-5-6-7-8-9-10-11-12-13-14-15-16-20-24-36-29-32-26-31(27-37-32)28-38-33(35)21-18-17-19-22-34-23-25-39-30-34;1-6-2-4-7(5-3-6)11(8,9)10/h23,25,30-32H,2-22,24,26-29H2,1H3;2-5H,1H3,(H,8,9,10)/q+1;/p-1/t31-,32+;/m0./s1. The zero-order valence-corrected chi connectivity index (χ0v) is 32.8. The number of ether oxygens (including phenoxy) is 3. The largest absolute Gasteiger partial charge is 0.744 e. The summed E-state index contributed by atoms with van der Waals surface area (Å²) in [5.41, 5.74) is 3.05. The highest BCUT2D eigenvalue weighted by atomic mass is 32.2. The topological polar surface area (TPSA) is 106 Å². The van der Waals surface area contributed by atoms with E-state index in [1.54, 1.807) is 23.5 Å². The van der Waals surface area contributed by atoms with Crippen molar-refractivity contribution in [2.75, 3.05) is 26.4 Å². The lowest BCUT2D eigenvalue weighted by Gasteiger charge is -2.11. The molecule has 0 spiro atoms. The minimum absolute atomic E-state index is 0.0682. The predicted molar refractivity (Wildman–Crippen MR) is 201 cm³/mol. The molecule has 2 aromatic rings. The van der Waals surface area contributed by atoms with Crippen molar-refractivity contribution in [1.29, 1.82) is 0 Å². The maximum atomic E-state index is 12.0. The second-order valence-electron chi connectivity index (χ2n) is 14.0. The number of carbonyl (C=O) groups is 1. The maximum absolute atomic E-state index is 12.0. The molecule has 10 heteroatoms. The van der Waals surface area contributed by atoms with E-state index in [0.29, 0.717) is 32.2 Å². The van der Waals surface area contributed by atoms with Crippen LogP contribution in [-0.2, 0) is 35.7 Å². The van der Waals surface area contributed by atoms with Crippen LogP contribution in [-0.4, -0.2) is 51.5 Å². The van der Waals surface area contributed by atoms with Gasteiger partial charge in [-0.15, -0.1) is 0 Å². The molecule has 0 radical (unpaired) electrons. The highest BCUT2D eigenvalue weighted by molar-refractivity contribution is 7.85. The molecule has 1 fully saturated rings. The zero-order valence-electron chi connectivity index (χ0n) is 31.2. The molecule has 2 heterocycles. The van der Waals surface area contributed by atoms with E-state index in [-0.39, 0.29) is 17.0 Å². The Morgan fingerprint density at radius 3 is 1.98 bits per heavy atom. The van der Waals surface area contributed by atoms with Crippen LogP contribution in [0.5, 0.6) is 0 Å². The first kappa shape index (κ1) is 44.3. The van der Waals surface area contributed by atoms with E-state index in [2.05, 4.69) is 28.6 Å². The molecular weight excluding hydrogens is 671 g/mol. The van der Waals surface area contributed by atoms with E-state index >= 15 is 0 Å². The van der Waals surface area contributed by atoms with E-state index in [9.17, 15) is 17.8 Å². The minimum Gasteiger partial charge on any atom is -0.744 e. The summed E-state index contributed by atoms with van der Waals surface area (Å²) >= 11 is 1.71. The molecule has 0 bridgehead atoms. The Bertz CT molecular complexity index is 1190. The smallest absolute Gasteiger partial charge is 0.305 e. The molecule has 286 valence electrons. The molecule has 1 aliphatic heterocycles. The molecule has 1 aliphatic rings. The number of aromatic nitrogens is 1. The van der Waals surface area contributed by atoms with Crippen molar-refractivity contribution in [3.63, 3.8) is 0 Å². The van der Waals surface area contributed by atoms with E-state index < -0.39 is 10.1 Å². The third-order valence-corrected chi connectivity index (χ3v) is 10.7. The first-order chi connectivity index (χ1) is 24.3. The molecule has 1 aromatic carbocycles. The highest BCUT2D eigenvalue weighted by Crippen LogP contribution is 2.21. The fourth-order valence-corrected chi connectivity index (χ4v) is 7.20. The Kier molecular flexibility index (Phi) is 25.4. The van der Waals surface area contributed by atoms with Gasteiger partial charge in [-0.3, -0.25) is 4.79 Å². The van der Waals surface area contributed by atoms with Crippen LogP contribution in [0.15, 0.2) is 46.2 Å². The Balaban J connectivity index is 0.000000666. The zero-order chi connectivity index (χ0) is 36.1. The van der Waals surface area contributed by atoms with Gasteiger partial charge in [0.2, 0.25) is 5.51 Å². The fourth-order valence-electron chi connectivity index (χ4n) is 6.10. The van der Waals surface area contributed by atoms with E-state index in [4.69, 9.17) is 14.2 Å². The van der Waals surface area contributed by atoms with Gasteiger partial charge in [0.15, 0.2) is 6.20 Å². The molecule has 1 saturated heterocycles. The Labute approximate surface area is 308 Å². The summed E-state index contributed by atoms with van der Waals surface area (Å²) in [5, 5.41) is 2.09. The summed E-state index contributed by atoms with van der Waals surface area (Å²) in [4.78, 5) is 11.9. The third-order valence-electron chi connectivity index (χ3n) is 9.22. The molecule has 0 aliphatic carbocycles. The van der Waals surface area contributed by atoms with Crippen LogP contribution in [0, 0.1) is 12.8 Å². The molecule has 8 nitrogen and oxygen atoms in total. The number of benzene rings is 1. The minimum atomic E-state index is -4.27. The summed E-state index contributed by atoms with van der Waals surface area (Å²) in [5.74, 6) is 0.245. The van der Waals surface area contributed by atoms with Crippen LogP contribution >= 0.6 is 11.3 Å². The van der Waals surface area contributed by atoms with Crippen LogP contribution in [0.25, 0.3) is 0 Å². The number of carbonyl (C=O) groups excluding carboxylic acids is 1. The van der Waals surface area contributed by atoms with Crippen molar-refractivity contribution in [2.24, 2.45) is 5.92 Å². The Morgan fingerprint density at radius 2 is 1.42 bits per heavy atom. The van der Waals surface area contributed by atoms with Crippen molar-refractivity contribution in [2.45, 2.75) is 166 Å². The molecule has 2 atom stereocenters. The lowest BCUT2D eigenvalue weighted by Crippen LogP contribution is -2.29. The second kappa shape index (κ2) is 28.7. The molecular formula is C40H67NO7S2. The van der Waals surface area contributed by atoms with E-state index in [1.807, 2.05) is 6.92 Å². The SMILES string of the molecule is CCCCCCCCCCCCCCCCCCOC[C@H]1C[C@H](COC(=O)CCCCC[n+]2ccsc2)CO1.Cc1ccc(S(=O)(=O)[O-])cc1. The van der Waals surface area contributed by atoms with Crippen LogP contribution in [0.3, 0.4) is 0 Å². The quantitative estimate of drug-likeness (QED) is 0.0371. The van der Waals surface area contributed by atoms with E-state index in [1.165, 1.54) is 108 Å². The van der Waals surface area contributed by atoms with Crippen LogP contribution < -0.4 is 4.57 Å². The number of hydrogen-bond acceptors (Lipinski definition) is 8. The van der Waals surface area contributed by atoms with Crippen molar-refractivity contribution in [3.05, 3.63) is 46.9 Å². The summed E-state index contributed by atoms with van der Waals surface area (Å²) in [6, 6.07) is 5.78. The van der Waals surface area contributed by atoms with Gasteiger partial charge in [0.1, 0.15) is 16.7 Å². The van der Waals surface area contributed by atoms with Crippen LogP contribution in [0.4, 0.5) is 0 Å². The fraction of sp³-hybridized carbons (Fsp3) is 0.750. The number of aryl methyl sites for hydroxylation is 2. The second-order valence-corrected chi connectivity index (χ2v) is 16.1. The lowest BCUT2D eigenvalue weighted by atomic mass is 10.0. The number of unbranched alkanes of at least 4 members (excludes halogenated alkanes) is 17. The molecule has 3 rings (SSSR count). The third kappa shape index (κ3) is 23.6. The Morgan fingerprint density at radius 1 is 0.840 bits per heavy atom. The molecule has 0 N–H and O–H groups in total. The monoisotopic (exact) mass is 737 g/mol. The van der Waals surface area contributed by atoms with Gasteiger partial charge in [-0.25, -0.2) is 8.42 Å². The lowest BCUT2D eigenvalue weighted by molar-refractivity contribution is -0.692. The van der Waals surface area contributed by atoms with Gasteiger partial charge in [-0.2, -0.15) is 4.57 Å². The number of thiazole rings is 1. The number of rotatable bonds is 28. The maximum Gasteiger partial charge on any atom is 0.305 e. The van der Waals surface area contributed by atoms with Gasteiger partial charge in [-0.05, 0) is 44.7 Å². The van der Waals surface area contributed by atoms with Crippen LogP contribution in [0.2, 0.25) is 0 Å². The normalized spacial score (nSPS) is 15.9. The number of hydrogen-bond donors (Lipinski definition) is 0. The first-order valence-corrected chi connectivity index (χ1v) is 21.9. The summed E-state index contributed by atoms with van der Waals surface area (Å²) in [6.07, 6.45) is 29.0. The van der Waals surface area contributed by atoms with Crippen molar-refractivity contribution in [1.82, 2.24) is 0 Å². The van der Waals surface area contributed by atoms with Gasteiger partial charge in [-0.1, -0.05) is 132 Å². The Hall–Kier alpha value is -1.85. The number of nitrogens with zero attached hydrogens (tertiary/aromatic N) is 1. The van der Waals surface area contributed by atoms with Crippen LogP contribution in [0.1, 0.15) is 147 Å². The summed E-state index contributed by atoms with van der Waals surface area (Å²) < 4.78 is 50.6. The van der Waals surface area contributed by atoms with Gasteiger partial charge in [0.05, 0.1) is 36.2 Å². The number of esters is 1. The van der Waals surface area contributed by atoms with Gasteiger partial charge in [0.25, 0.3) is 0 Å². The van der Waals surface area contributed by atoms with Crippen molar-refractivity contribution >= 4 is 27.4 Å². The highest BCUT2D eigenvalue weighted by Gasteiger charge is 2.26. The van der Waals surface area contributed by atoms with Gasteiger partial charge >= 0.3 is 5.97 Å². The summed E-state index contributed by atoms with van der Waals surface area (Å²) in [6.45, 7) is 7.81.